The maximum absolute atomic E-state index is 2.42. The average Bonchev–Trinajstić information content (AvgIpc) is 3.17. The Bertz CT molecular complexity index is 517. The van der Waals surface area contributed by atoms with Gasteiger partial charge in [0.25, 0.3) is 0 Å². The van der Waals surface area contributed by atoms with Crippen LogP contribution in [0.25, 0.3) is 0 Å². The van der Waals surface area contributed by atoms with Gasteiger partial charge >= 0.3 is 0 Å². The Morgan fingerprint density at radius 3 is 2.47 bits per heavy atom. The summed E-state index contributed by atoms with van der Waals surface area (Å²) in [6, 6.07) is 9.20. The first-order valence-electron chi connectivity index (χ1n) is 8.38. The van der Waals surface area contributed by atoms with Crippen LogP contribution in [0.15, 0.2) is 24.3 Å². The zero-order valence-electron chi connectivity index (χ0n) is 11.9. The van der Waals surface area contributed by atoms with Gasteiger partial charge in [-0.25, -0.2) is 0 Å². The van der Waals surface area contributed by atoms with Crippen LogP contribution in [0.2, 0.25) is 0 Å². The maximum Gasteiger partial charge on any atom is -0.0125 e. The van der Waals surface area contributed by atoms with Crippen LogP contribution in [0.5, 0.6) is 0 Å². The average molecular weight is 252 g/mol. The van der Waals surface area contributed by atoms with Crippen molar-refractivity contribution in [1.82, 2.24) is 0 Å². The Morgan fingerprint density at radius 2 is 1.63 bits per heavy atom. The number of fused-ring (bicyclic) bond motifs is 9. The highest BCUT2D eigenvalue weighted by atomic mass is 14.7. The summed E-state index contributed by atoms with van der Waals surface area (Å²) in [6.45, 7) is 2.32. The molecule has 0 saturated heterocycles. The second-order valence-electron chi connectivity index (χ2n) is 7.85. The van der Waals surface area contributed by atoms with E-state index in [9.17, 15) is 0 Å². The molecule has 0 spiro atoms. The molecule has 4 fully saturated rings. The van der Waals surface area contributed by atoms with Gasteiger partial charge in [-0.05, 0) is 91.6 Å². The van der Waals surface area contributed by atoms with Crippen molar-refractivity contribution in [2.45, 2.75) is 44.9 Å². The molecule has 7 atom stereocenters. The Labute approximate surface area is 116 Å². The van der Waals surface area contributed by atoms with E-state index in [-0.39, 0.29) is 0 Å². The van der Waals surface area contributed by atoms with Crippen molar-refractivity contribution in [3.05, 3.63) is 35.4 Å². The van der Waals surface area contributed by atoms with Crippen LogP contribution in [0.4, 0.5) is 0 Å². The lowest BCUT2D eigenvalue weighted by Crippen LogP contribution is -2.31. The molecule has 7 unspecified atom stereocenters. The molecule has 5 rings (SSSR count). The van der Waals surface area contributed by atoms with Crippen molar-refractivity contribution in [1.29, 1.82) is 0 Å². The van der Waals surface area contributed by atoms with Crippen molar-refractivity contribution in [3.63, 3.8) is 0 Å². The Hall–Kier alpha value is -0.780. The molecule has 0 aliphatic heterocycles. The summed E-state index contributed by atoms with van der Waals surface area (Å²) in [5, 5.41) is 0. The standard InChI is InChI=1S/C19H24/c1-11-4-2-3-5-15(11)16-9-14-10-17(16)19-13-7-6-12(8-13)18(14)19/h2-5,12-14,16-19H,6-10H2,1H3. The minimum Gasteiger partial charge on any atom is -0.0620 e. The Kier molecular flexibility index (Phi) is 2.10. The van der Waals surface area contributed by atoms with Crippen molar-refractivity contribution < 1.29 is 0 Å². The van der Waals surface area contributed by atoms with Gasteiger partial charge in [0.1, 0.15) is 0 Å². The summed E-state index contributed by atoms with van der Waals surface area (Å²) in [7, 11) is 0. The van der Waals surface area contributed by atoms with Crippen LogP contribution < -0.4 is 0 Å². The van der Waals surface area contributed by atoms with E-state index in [0.717, 1.165) is 41.4 Å². The normalized spacial score (nSPS) is 49.8. The van der Waals surface area contributed by atoms with E-state index in [2.05, 4.69) is 31.2 Å². The van der Waals surface area contributed by atoms with Gasteiger partial charge < -0.3 is 0 Å². The molecule has 0 amide bonds. The minimum absolute atomic E-state index is 0.909. The lowest BCUT2D eigenvalue weighted by molar-refractivity contribution is 0.130. The van der Waals surface area contributed by atoms with E-state index in [0.29, 0.717) is 0 Å². The fourth-order valence-corrected chi connectivity index (χ4v) is 6.93. The monoisotopic (exact) mass is 252 g/mol. The number of aryl methyl sites for hydroxylation is 1. The van der Waals surface area contributed by atoms with E-state index < -0.39 is 0 Å². The first-order chi connectivity index (χ1) is 9.33. The maximum atomic E-state index is 2.42. The number of rotatable bonds is 1. The molecule has 19 heavy (non-hydrogen) atoms. The fraction of sp³-hybridized carbons (Fsp3) is 0.684. The molecule has 0 heteroatoms. The van der Waals surface area contributed by atoms with E-state index in [1.807, 2.05) is 0 Å². The lowest BCUT2D eigenvalue weighted by atomic mass is 9.66. The third-order valence-corrected chi connectivity index (χ3v) is 7.32. The van der Waals surface area contributed by atoms with Crippen LogP contribution in [0, 0.1) is 42.4 Å². The largest absolute Gasteiger partial charge is 0.0620 e. The van der Waals surface area contributed by atoms with E-state index in [1.54, 1.807) is 36.8 Å². The zero-order valence-corrected chi connectivity index (χ0v) is 11.9. The molecule has 100 valence electrons. The third kappa shape index (κ3) is 1.31. The van der Waals surface area contributed by atoms with Gasteiger partial charge in [-0.1, -0.05) is 24.3 Å². The second-order valence-corrected chi connectivity index (χ2v) is 7.85. The topological polar surface area (TPSA) is 0 Å². The first-order valence-corrected chi connectivity index (χ1v) is 8.38. The molecular weight excluding hydrogens is 228 g/mol. The highest BCUT2D eigenvalue weighted by Crippen LogP contribution is 2.70. The lowest BCUT2D eigenvalue weighted by Gasteiger charge is -2.39. The zero-order chi connectivity index (χ0) is 12.6. The van der Waals surface area contributed by atoms with Gasteiger partial charge in [0.2, 0.25) is 0 Å². The third-order valence-electron chi connectivity index (χ3n) is 7.32. The quantitative estimate of drug-likeness (QED) is 0.631. The predicted molar refractivity (Wildman–Crippen MR) is 77.9 cm³/mol. The van der Waals surface area contributed by atoms with Crippen LogP contribution in [0.1, 0.15) is 49.1 Å². The SMILES string of the molecule is Cc1ccccc1C1CC2CC1C1C3CCC(C3)C21. The number of hydrogen-bond donors (Lipinski definition) is 0. The number of benzene rings is 1. The highest BCUT2D eigenvalue weighted by molar-refractivity contribution is 5.32. The van der Waals surface area contributed by atoms with Gasteiger partial charge in [-0.2, -0.15) is 0 Å². The second kappa shape index (κ2) is 3.65. The van der Waals surface area contributed by atoms with Crippen LogP contribution in [-0.4, -0.2) is 0 Å². The summed E-state index contributed by atoms with van der Waals surface area (Å²) >= 11 is 0. The van der Waals surface area contributed by atoms with Gasteiger partial charge in [-0.15, -0.1) is 0 Å². The highest BCUT2D eigenvalue weighted by Gasteiger charge is 2.62. The van der Waals surface area contributed by atoms with Gasteiger partial charge in [0.05, 0.1) is 0 Å². The molecule has 0 nitrogen and oxygen atoms in total. The van der Waals surface area contributed by atoms with Crippen molar-refractivity contribution >= 4 is 0 Å². The van der Waals surface area contributed by atoms with Crippen molar-refractivity contribution in [2.24, 2.45) is 35.5 Å². The summed E-state index contributed by atoms with van der Waals surface area (Å²) in [5.41, 5.74) is 3.23. The predicted octanol–water partition coefficient (Wildman–Crippen LogP) is 4.78. The van der Waals surface area contributed by atoms with Crippen LogP contribution in [-0.2, 0) is 0 Å². The first kappa shape index (κ1) is 10.9. The molecule has 0 N–H and O–H groups in total. The van der Waals surface area contributed by atoms with Crippen molar-refractivity contribution in [3.8, 4) is 0 Å². The van der Waals surface area contributed by atoms with E-state index in [1.165, 1.54) is 6.42 Å². The van der Waals surface area contributed by atoms with Gasteiger partial charge in [0, 0.05) is 0 Å². The summed E-state index contributed by atoms with van der Waals surface area (Å²) in [5.74, 6) is 7.60. The van der Waals surface area contributed by atoms with E-state index >= 15 is 0 Å². The number of hydrogen-bond acceptors (Lipinski definition) is 0. The van der Waals surface area contributed by atoms with Crippen LogP contribution >= 0.6 is 0 Å². The Morgan fingerprint density at radius 1 is 0.842 bits per heavy atom. The molecule has 4 aliphatic rings. The molecule has 4 bridgehead atoms. The van der Waals surface area contributed by atoms with Crippen LogP contribution in [0.3, 0.4) is 0 Å². The van der Waals surface area contributed by atoms with E-state index in [4.69, 9.17) is 0 Å². The fourth-order valence-electron chi connectivity index (χ4n) is 6.93. The smallest absolute Gasteiger partial charge is 0.0125 e. The summed E-state index contributed by atoms with van der Waals surface area (Å²) < 4.78 is 0. The van der Waals surface area contributed by atoms with Gasteiger partial charge in [0.15, 0.2) is 0 Å². The minimum atomic E-state index is 0.909. The Balaban J connectivity index is 1.52. The molecule has 0 radical (unpaired) electrons. The molecular formula is C19H24. The van der Waals surface area contributed by atoms with Crippen molar-refractivity contribution in [2.75, 3.05) is 0 Å². The molecule has 1 aromatic rings. The summed E-state index contributed by atoms with van der Waals surface area (Å²) in [4.78, 5) is 0. The van der Waals surface area contributed by atoms with Gasteiger partial charge in [-0.3, -0.25) is 0 Å². The summed E-state index contributed by atoms with van der Waals surface area (Å²) in [6.07, 6.45) is 7.82. The molecule has 0 aromatic heterocycles. The molecule has 1 aromatic carbocycles. The molecule has 4 saturated carbocycles. The molecule has 0 heterocycles. The molecule has 4 aliphatic carbocycles.